The highest BCUT2D eigenvalue weighted by Crippen LogP contribution is 2.62. The van der Waals surface area contributed by atoms with Crippen molar-refractivity contribution in [3.63, 3.8) is 0 Å². The Morgan fingerprint density at radius 2 is 1.13 bits per heavy atom. The number of rotatable bonds is 6. The summed E-state index contributed by atoms with van der Waals surface area (Å²) >= 11 is 0. The van der Waals surface area contributed by atoms with Crippen LogP contribution in [0.25, 0.3) is 0 Å². The Kier molecular flexibility index (Phi) is 6.41. The van der Waals surface area contributed by atoms with Crippen molar-refractivity contribution in [3.05, 3.63) is 91.0 Å². The predicted molar refractivity (Wildman–Crippen MR) is 123 cm³/mol. The van der Waals surface area contributed by atoms with Crippen LogP contribution < -0.4 is 32.9 Å². The summed E-state index contributed by atoms with van der Waals surface area (Å²) in [7, 11) is -2.11. The van der Waals surface area contributed by atoms with E-state index in [0.29, 0.717) is 5.91 Å². The Morgan fingerprint density at radius 3 is 1.53 bits per heavy atom. The maximum absolute atomic E-state index is 13.8. The fourth-order valence-electron chi connectivity index (χ4n) is 4.85. The predicted octanol–water partition coefficient (Wildman–Crippen LogP) is 0.995. The summed E-state index contributed by atoms with van der Waals surface area (Å²) < 4.78 is 0. The Labute approximate surface area is 190 Å². The van der Waals surface area contributed by atoms with Crippen molar-refractivity contribution in [2.45, 2.75) is 24.9 Å². The lowest BCUT2D eigenvalue weighted by molar-refractivity contribution is -0.127. The van der Waals surface area contributed by atoms with Gasteiger partial charge < -0.3 is 21.9 Å². The van der Waals surface area contributed by atoms with Gasteiger partial charge in [0, 0.05) is 19.5 Å². The molecule has 1 saturated heterocycles. The molecule has 1 atom stereocenters. The minimum absolute atomic E-state index is 0. The molecule has 5 rings (SSSR count). The molecule has 1 aliphatic heterocycles. The zero-order valence-electron chi connectivity index (χ0n) is 17.0. The average molecular weight is 480 g/mol. The van der Waals surface area contributed by atoms with Crippen LogP contribution in [0.3, 0.4) is 0 Å². The van der Waals surface area contributed by atoms with Crippen LogP contribution in [-0.4, -0.2) is 29.6 Å². The van der Waals surface area contributed by atoms with Gasteiger partial charge in [-0.25, -0.2) is 0 Å². The highest BCUT2D eigenvalue weighted by Gasteiger charge is 2.58. The molecule has 0 spiro atoms. The third kappa shape index (κ3) is 3.74. The molecule has 3 aromatic rings. The molecule has 4 heteroatoms. The van der Waals surface area contributed by atoms with Gasteiger partial charge in [0.2, 0.25) is 0 Å². The van der Waals surface area contributed by atoms with Crippen LogP contribution in [0.5, 0.6) is 0 Å². The molecule has 1 amide bonds. The molecule has 0 aromatic heterocycles. The summed E-state index contributed by atoms with van der Waals surface area (Å²) in [5, 5.41) is 3.93. The highest BCUT2D eigenvalue weighted by molar-refractivity contribution is 7.96. The van der Waals surface area contributed by atoms with E-state index in [-0.39, 0.29) is 22.6 Å². The monoisotopic (exact) mass is 479 g/mol. The summed E-state index contributed by atoms with van der Waals surface area (Å²) in [6.45, 7) is 1.85. The van der Waals surface area contributed by atoms with Crippen molar-refractivity contribution in [2.24, 2.45) is 5.92 Å². The quantitative estimate of drug-likeness (QED) is 0.483. The smallest absolute Gasteiger partial charge is 0.264 e. The first kappa shape index (κ1) is 21.3. The third-order valence-corrected chi connectivity index (χ3v) is 11.2. The minimum Gasteiger partial charge on any atom is -1.00 e. The Hall–Kier alpha value is -1.96. The summed E-state index contributed by atoms with van der Waals surface area (Å²) in [5.41, 5.74) is 0.0217. The Bertz CT molecular complexity index is 879. The summed E-state index contributed by atoms with van der Waals surface area (Å²) in [5.74, 6) is 1.09. The van der Waals surface area contributed by atoms with Crippen molar-refractivity contribution in [2.75, 3.05) is 13.1 Å². The molecule has 0 unspecified atom stereocenters. The molecular weight excluding hydrogens is 453 g/mol. The fourth-order valence-corrected chi connectivity index (χ4v) is 9.75. The van der Waals surface area contributed by atoms with Gasteiger partial charge in [0.15, 0.2) is 5.66 Å². The summed E-state index contributed by atoms with van der Waals surface area (Å²) in [4.78, 5) is 15.9. The second-order valence-electron chi connectivity index (χ2n) is 8.26. The maximum Gasteiger partial charge on any atom is 0.264 e. The lowest BCUT2D eigenvalue weighted by Gasteiger charge is -2.32. The van der Waals surface area contributed by atoms with Crippen LogP contribution in [0.1, 0.15) is 19.3 Å². The minimum atomic E-state index is -2.11. The van der Waals surface area contributed by atoms with E-state index in [4.69, 9.17) is 0 Å². The third-order valence-electron chi connectivity index (χ3n) is 6.40. The van der Waals surface area contributed by atoms with E-state index in [1.807, 2.05) is 0 Å². The topological polar surface area (TPSA) is 20.3 Å². The summed E-state index contributed by atoms with van der Waals surface area (Å²) in [6.07, 6.45) is 3.51. The molecule has 2 fully saturated rings. The van der Waals surface area contributed by atoms with E-state index in [1.54, 1.807) is 0 Å². The number of likely N-dealkylation sites (tertiary alicyclic amines) is 1. The largest absolute Gasteiger partial charge is 1.00 e. The summed E-state index contributed by atoms with van der Waals surface area (Å²) in [6, 6.07) is 32.4. The van der Waals surface area contributed by atoms with Gasteiger partial charge >= 0.3 is 0 Å². The van der Waals surface area contributed by atoms with Crippen LogP contribution in [0.15, 0.2) is 91.0 Å². The van der Waals surface area contributed by atoms with Crippen molar-refractivity contribution in [3.8, 4) is 0 Å². The van der Waals surface area contributed by atoms with Crippen molar-refractivity contribution >= 4 is 29.1 Å². The standard InChI is InChI=1S/C26H27NOP.BrH/c28-26-25(18-19-27(26)20-21-16-17-21)29(22-10-4-1-5-11-22,23-12-6-2-7-13-23)24-14-8-3-9-15-24;/h1-15,21,25H,16-20H2;1H/q+1;/p-1/t25-;/m0./s1. The van der Waals surface area contributed by atoms with Crippen LogP contribution in [0.4, 0.5) is 0 Å². The van der Waals surface area contributed by atoms with E-state index >= 15 is 0 Å². The number of hydrogen-bond donors (Lipinski definition) is 0. The van der Waals surface area contributed by atoms with Gasteiger partial charge in [0.1, 0.15) is 23.2 Å². The second kappa shape index (κ2) is 9.04. The van der Waals surface area contributed by atoms with Gasteiger partial charge in [0.05, 0.1) is 0 Å². The van der Waals surface area contributed by atoms with E-state index in [1.165, 1.54) is 28.8 Å². The molecule has 30 heavy (non-hydrogen) atoms. The normalized spacial score (nSPS) is 18.9. The van der Waals surface area contributed by atoms with Crippen molar-refractivity contribution in [1.82, 2.24) is 4.90 Å². The average Bonchev–Trinajstić information content (AvgIpc) is 3.54. The zero-order chi connectivity index (χ0) is 19.7. The number of carbonyl (C=O) groups is 1. The molecule has 1 aliphatic carbocycles. The molecule has 1 saturated carbocycles. The first-order valence-corrected chi connectivity index (χ1v) is 12.5. The number of amides is 1. The number of halogens is 1. The van der Waals surface area contributed by atoms with E-state index in [2.05, 4.69) is 95.9 Å². The van der Waals surface area contributed by atoms with E-state index in [0.717, 1.165) is 25.4 Å². The van der Waals surface area contributed by atoms with Crippen LogP contribution in [0.2, 0.25) is 0 Å². The van der Waals surface area contributed by atoms with Gasteiger partial charge in [-0.2, -0.15) is 0 Å². The van der Waals surface area contributed by atoms with Gasteiger partial charge in [-0.15, -0.1) is 0 Å². The van der Waals surface area contributed by atoms with Crippen LogP contribution in [0, 0.1) is 5.92 Å². The molecule has 0 bridgehead atoms. The number of nitrogens with zero attached hydrogens (tertiary/aromatic N) is 1. The van der Waals surface area contributed by atoms with Crippen LogP contribution in [-0.2, 0) is 4.79 Å². The van der Waals surface area contributed by atoms with Crippen molar-refractivity contribution < 1.29 is 21.8 Å². The molecule has 3 aromatic carbocycles. The molecule has 0 radical (unpaired) electrons. The van der Waals surface area contributed by atoms with E-state index in [9.17, 15) is 4.79 Å². The molecule has 2 aliphatic rings. The molecule has 1 heterocycles. The van der Waals surface area contributed by atoms with Gasteiger partial charge in [-0.1, -0.05) is 54.6 Å². The first-order chi connectivity index (χ1) is 14.3. The van der Waals surface area contributed by atoms with E-state index < -0.39 is 7.26 Å². The number of benzene rings is 3. The number of carbonyl (C=O) groups excluding carboxylic acids is 1. The molecular formula is C26H27BrNOP. The Balaban J connectivity index is 0.00000218. The van der Waals surface area contributed by atoms with Gasteiger partial charge in [0.25, 0.3) is 5.91 Å². The maximum atomic E-state index is 13.8. The lowest BCUT2D eigenvalue weighted by atomic mass is 10.3. The molecule has 0 N–H and O–H groups in total. The van der Waals surface area contributed by atoms with Gasteiger partial charge in [-0.05, 0) is 55.2 Å². The van der Waals surface area contributed by atoms with Gasteiger partial charge in [-0.3, -0.25) is 4.79 Å². The SMILES string of the molecule is O=C1[C@@H]([P+](c2ccccc2)(c2ccccc2)c2ccccc2)CCN1CC1CC1.[Br-]. The first-order valence-electron chi connectivity index (χ1n) is 10.6. The van der Waals surface area contributed by atoms with Crippen molar-refractivity contribution in [1.29, 1.82) is 0 Å². The Morgan fingerprint density at radius 1 is 0.700 bits per heavy atom. The fraction of sp³-hybridized carbons (Fsp3) is 0.269. The lowest BCUT2D eigenvalue weighted by Crippen LogP contribution is -3.00. The molecule has 2 nitrogen and oxygen atoms in total. The second-order valence-corrected chi connectivity index (χ2v) is 11.9. The highest BCUT2D eigenvalue weighted by atomic mass is 79.9. The zero-order valence-corrected chi connectivity index (χ0v) is 19.5. The number of hydrogen-bond acceptors (Lipinski definition) is 1. The molecule has 154 valence electrons. The van der Waals surface area contributed by atoms with Crippen LogP contribution >= 0.6 is 7.26 Å².